The molecule has 0 radical (unpaired) electrons. The Morgan fingerprint density at radius 3 is 2.50 bits per heavy atom. The van der Waals surface area contributed by atoms with Crippen molar-refractivity contribution >= 4 is 28.6 Å². The van der Waals surface area contributed by atoms with E-state index in [2.05, 4.69) is 10.6 Å². The molecule has 1 aromatic carbocycles. The number of benzene rings is 1. The molecule has 1 fully saturated rings. The van der Waals surface area contributed by atoms with Crippen LogP contribution in [-0.4, -0.2) is 16.5 Å². The lowest BCUT2D eigenvalue weighted by Crippen LogP contribution is -2.29. The number of carbonyl (C=O) groups is 2. The van der Waals surface area contributed by atoms with Crippen molar-refractivity contribution in [1.82, 2.24) is 5.32 Å². The van der Waals surface area contributed by atoms with E-state index in [-0.39, 0.29) is 11.1 Å². The second kappa shape index (κ2) is 3.71. The van der Waals surface area contributed by atoms with Crippen molar-refractivity contribution < 1.29 is 9.59 Å². The molecule has 0 saturated carbocycles. The van der Waals surface area contributed by atoms with Gasteiger partial charge in [-0.1, -0.05) is 18.2 Å². The van der Waals surface area contributed by atoms with Crippen LogP contribution < -0.4 is 10.6 Å². The van der Waals surface area contributed by atoms with Crippen molar-refractivity contribution in [2.75, 3.05) is 5.32 Å². The smallest absolute Gasteiger partial charge is 0.288 e. The summed E-state index contributed by atoms with van der Waals surface area (Å²) in [4.78, 5) is 22.0. The summed E-state index contributed by atoms with van der Waals surface area (Å²) in [7, 11) is 0. The molecule has 0 spiro atoms. The van der Waals surface area contributed by atoms with Crippen LogP contribution in [0.4, 0.5) is 10.5 Å². The maximum atomic E-state index is 11.2. The third-order valence-electron chi connectivity index (χ3n) is 1.76. The maximum absolute atomic E-state index is 11.2. The van der Waals surface area contributed by atoms with Crippen molar-refractivity contribution in [2.24, 2.45) is 0 Å². The Balaban J connectivity index is 2.05. The average Bonchev–Trinajstić information content (AvgIpc) is 2.47. The van der Waals surface area contributed by atoms with Crippen LogP contribution in [0, 0.1) is 0 Å². The van der Waals surface area contributed by atoms with Crippen LogP contribution in [0.25, 0.3) is 0 Å². The number of imide groups is 1. The van der Waals surface area contributed by atoms with Crippen LogP contribution in [0.1, 0.15) is 0 Å². The standard InChI is InChI=1S/C9H8N2O2S/c12-7-8(14-9(13)11-7)10-6-4-2-1-3-5-6/h1-5,8,10H,(H,11,12,13)/t8-/m1/s1. The van der Waals surface area contributed by atoms with Gasteiger partial charge in [0.2, 0.25) is 0 Å². The summed E-state index contributed by atoms with van der Waals surface area (Å²) < 4.78 is 0. The van der Waals surface area contributed by atoms with E-state index in [4.69, 9.17) is 0 Å². The molecule has 1 aliphatic heterocycles. The molecule has 14 heavy (non-hydrogen) atoms. The summed E-state index contributed by atoms with van der Waals surface area (Å²) in [6.07, 6.45) is 0. The predicted molar refractivity (Wildman–Crippen MR) is 55.0 cm³/mol. The van der Waals surface area contributed by atoms with E-state index in [0.717, 1.165) is 17.4 Å². The van der Waals surface area contributed by atoms with Crippen LogP contribution in [0.3, 0.4) is 0 Å². The van der Waals surface area contributed by atoms with E-state index < -0.39 is 5.37 Å². The third-order valence-corrected chi connectivity index (χ3v) is 2.64. The molecule has 1 aliphatic rings. The number of amides is 2. The van der Waals surface area contributed by atoms with Crippen molar-refractivity contribution in [3.05, 3.63) is 30.3 Å². The zero-order valence-corrected chi connectivity index (χ0v) is 8.01. The highest BCUT2D eigenvalue weighted by atomic mass is 32.2. The van der Waals surface area contributed by atoms with Gasteiger partial charge in [-0.3, -0.25) is 14.9 Å². The fourth-order valence-electron chi connectivity index (χ4n) is 1.14. The average molecular weight is 208 g/mol. The molecule has 0 bridgehead atoms. The number of anilines is 1. The molecule has 0 aliphatic carbocycles. The lowest BCUT2D eigenvalue weighted by molar-refractivity contribution is -0.118. The van der Waals surface area contributed by atoms with Crippen LogP contribution in [0.2, 0.25) is 0 Å². The van der Waals surface area contributed by atoms with E-state index in [1.807, 2.05) is 30.3 Å². The first-order chi connectivity index (χ1) is 6.75. The monoisotopic (exact) mass is 208 g/mol. The quantitative estimate of drug-likeness (QED) is 0.771. The van der Waals surface area contributed by atoms with E-state index in [1.54, 1.807) is 0 Å². The molecule has 4 nitrogen and oxygen atoms in total. The van der Waals surface area contributed by atoms with E-state index in [0.29, 0.717) is 0 Å². The maximum Gasteiger partial charge on any atom is 0.288 e. The van der Waals surface area contributed by atoms with Gasteiger partial charge in [-0.25, -0.2) is 0 Å². The number of rotatable bonds is 2. The van der Waals surface area contributed by atoms with Gasteiger partial charge >= 0.3 is 0 Å². The largest absolute Gasteiger partial charge is 0.365 e. The Labute approximate surface area is 85.1 Å². The second-order valence-electron chi connectivity index (χ2n) is 2.78. The van der Waals surface area contributed by atoms with Gasteiger partial charge in [0.15, 0.2) is 5.37 Å². The Bertz CT molecular complexity index is 366. The Morgan fingerprint density at radius 1 is 1.21 bits per heavy atom. The summed E-state index contributed by atoms with van der Waals surface area (Å²) >= 11 is 0.958. The summed E-state index contributed by atoms with van der Waals surface area (Å²) in [5.41, 5.74) is 0.829. The summed E-state index contributed by atoms with van der Waals surface area (Å²) in [6, 6.07) is 9.30. The van der Waals surface area contributed by atoms with E-state index in [9.17, 15) is 9.59 Å². The normalized spacial score (nSPS) is 20.7. The lowest BCUT2D eigenvalue weighted by Gasteiger charge is -2.08. The van der Waals surface area contributed by atoms with E-state index >= 15 is 0 Å². The molecular formula is C9H8N2O2S. The van der Waals surface area contributed by atoms with Crippen LogP contribution in [0.5, 0.6) is 0 Å². The highest BCUT2D eigenvalue weighted by Gasteiger charge is 2.31. The van der Waals surface area contributed by atoms with Gasteiger partial charge in [0.1, 0.15) is 0 Å². The fraction of sp³-hybridized carbons (Fsp3) is 0.111. The lowest BCUT2D eigenvalue weighted by atomic mass is 10.3. The van der Waals surface area contributed by atoms with E-state index in [1.165, 1.54) is 0 Å². The molecule has 2 amide bonds. The van der Waals surface area contributed by atoms with Crippen molar-refractivity contribution in [3.8, 4) is 0 Å². The molecule has 1 saturated heterocycles. The van der Waals surface area contributed by atoms with Crippen molar-refractivity contribution in [2.45, 2.75) is 5.37 Å². The number of carbonyl (C=O) groups excluding carboxylic acids is 2. The first kappa shape index (κ1) is 9.08. The third kappa shape index (κ3) is 1.88. The molecule has 1 heterocycles. The summed E-state index contributed by atoms with van der Waals surface area (Å²) in [5.74, 6) is -0.288. The first-order valence-electron chi connectivity index (χ1n) is 4.09. The number of hydrogen-bond acceptors (Lipinski definition) is 4. The molecule has 2 N–H and O–H groups in total. The minimum absolute atomic E-state index is 0.288. The van der Waals surface area contributed by atoms with Crippen molar-refractivity contribution in [3.63, 3.8) is 0 Å². The van der Waals surface area contributed by atoms with Gasteiger partial charge in [0.05, 0.1) is 0 Å². The van der Waals surface area contributed by atoms with Gasteiger partial charge in [-0.15, -0.1) is 0 Å². The number of hydrogen-bond donors (Lipinski definition) is 2. The van der Waals surface area contributed by atoms with Gasteiger partial charge in [-0.2, -0.15) is 0 Å². The topological polar surface area (TPSA) is 58.2 Å². The zero-order valence-electron chi connectivity index (χ0n) is 7.19. The Hall–Kier alpha value is -1.49. The van der Waals surface area contributed by atoms with Gasteiger partial charge in [0.25, 0.3) is 11.1 Å². The molecule has 72 valence electrons. The Kier molecular flexibility index (Phi) is 2.41. The molecule has 2 rings (SSSR count). The molecule has 5 heteroatoms. The van der Waals surface area contributed by atoms with Crippen LogP contribution in [0.15, 0.2) is 30.3 Å². The molecule has 1 atom stereocenters. The molecule has 0 unspecified atom stereocenters. The second-order valence-corrected chi connectivity index (χ2v) is 3.86. The van der Waals surface area contributed by atoms with Gasteiger partial charge < -0.3 is 5.32 Å². The van der Waals surface area contributed by atoms with Gasteiger partial charge in [-0.05, 0) is 23.9 Å². The minimum Gasteiger partial charge on any atom is -0.365 e. The molecule has 0 aromatic heterocycles. The fourth-order valence-corrected chi connectivity index (χ4v) is 1.87. The zero-order chi connectivity index (χ0) is 9.97. The first-order valence-corrected chi connectivity index (χ1v) is 4.97. The summed E-state index contributed by atoms with van der Waals surface area (Å²) in [6.45, 7) is 0. The molecular weight excluding hydrogens is 200 g/mol. The number of para-hydroxylation sites is 1. The minimum atomic E-state index is -0.509. The van der Waals surface area contributed by atoms with Gasteiger partial charge in [0, 0.05) is 5.69 Å². The highest BCUT2D eigenvalue weighted by molar-refractivity contribution is 8.15. The van der Waals surface area contributed by atoms with Crippen LogP contribution in [-0.2, 0) is 4.79 Å². The highest BCUT2D eigenvalue weighted by Crippen LogP contribution is 2.20. The number of thioether (sulfide) groups is 1. The molecule has 1 aromatic rings. The van der Waals surface area contributed by atoms with Crippen LogP contribution >= 0.6 is 11.8 Å². The predicted octanol–water partition coefficient (Wildman–Crippen LogP) is 1.41. The Morgan fingerprint density at radius 2 is 1.93 bits per heavy atom. The summed E-state index contributed by atoms with van der Waals surface area (Å²) in [5, 5.41) is 4.35. The number of nitrogens with one attached hydrogen (secondary N) is 2. The SMILES string of the molecule is O=C1NC(=O)[C@H](Nc2ccccc2)S1. The van der Waals surface area contributed by atoms with Crippen molar-refractivity contribution in [1.29, 1.82) is 0 Å².